The molecule has 1 N–H and O–H groups in total. The fourth-order valence-corrected chi connectivity index (χ4v) is 3.41. The van der Waals surface area contributed by atoms with Gasteiger partial charge in [0.2, 0.25) is 0 Å². The van der Waals surface area contributed by atoms with Crippen LogP contribution < -0.4 is 5.32 Å². The molecule has 2 aromatic rings. The highest BCUT2D eigenvalue weighted by Gasteiger charge is 2.32. The number of hydrogen-bond donors (Lipinski definition) is 1. The molecule has 0 radical (unpaired) electrons. The van der Waals surface area contributed by atoms with Crippen molar-refractivity contribution in [2.75, 3.05) is 25.5 Å². The summed E-state index contributed by atoms with van der Waals surface area (Å²) >= 11 is 0. The third-order valence-electron chi connectivity index (χ3n) is 4.61. The predicted molar refractivity (Wildman–Crippen MR) is 88.7 cm³/mol. The molecule has 0 saturated carbocycles. The number of hydrogen-bond acceptors (Lipinski definition) is 5. The molecule has 120 valence electrons. The van der Waals surface area contributed by atoms with E-state index in [1.54, 1.807) is 12.3 Å². The number of anilines is 1. The molecule has 1 fully saturated rings. The summed E-state index contributed by atoms with van der Waals surface area (Å²) in [5, 5.41) is 12.3. The molecule has 0 aliphatic carbocycles. The van der Waals surface area contributed by atoms with Crippen molar-refractivity contribution < 1.29 is 0 Å². The molecule has 0 unspecified atom stereocenters. The van der Waals surface area contributed by atoms with Crippen LogP contribution in [0.25, 0.3) is 0 Å². The zero-order chi connectivity index (χ0) is 16.2. The zero-order valence-corrected chi connectivity index (χ0v) is 13.6. The molecule has 2 aromatic heterocycles. The zero-order valence-electron chi connectivity index (χ0n) is 13.6. The van der Waals surface area contributed by atoms with Crippen molar-refractivity contribution >= 4 is 5.69 Å². The fourth-order valence-electron chi connectivity index (χ4n) is 3.41. The Labute approximate surface area is 136 Å². The Bertz CT molecular complexity index is 684. The Balaban J connectivity index is 1.71. The normalized spacial score (nSPS) is 21.8. The smallest absolute Gasteiger partial charge is 0.140 e. The second kappa shape index (κ2) is 6.80. The number of likely N-dealkylation sites (tertiary alicyclic amines) is 1. The van der Waals surface area contributed by atoms with Gasteiger partial charge in [0.15, 0.2) is 0 Å². The summed E-state index contributed by atoms with van der Waals surface area (Å²) in [5.74, 6) is 0.514. The van der Waals surface area contributed by atoms with E-state index in [-0.39, 0.29) is 0 Å². The van der Waals surface area contributed by atoms with E-state index in [4.69, 9.17) is 5.26 Å². The number of aromatic nitrogens is 3. The summed E-state index contributed by atoms with van der Waals surface area (Å²) in [6.45, 7) is 2.00. The number of nitriles is 1. The largest absolute Gasteiger partial charge is 0.383 e. The van der Waals surface area contributed by atoms with E-state index in [9.17, 15) is 0 Å². The van der Waals surface area contributed by atoms with Crippen LogP contribution in [0.5, 0.6) is 0 Å². The first-order chi connectivity index (χ1) is 11.2. The molecule has 0 bridgehead atoms. The van der Waals surface area contributed by atoms with Crippen LogP contribution in [0.15, 0.2) is 30.9 Å². The minimum Gasteiger partial charge on any atom is -0.383 e. The SMILES string of the molecule is CN1CCC[C@@H](CNc2ccc(C#N)nc2)[C@@H]1c1cncn1C. The van der Waals surface area contributed by atoms with Gasteiger partial charge < -0.3 is 9.88 Å². The predicted octanol–water partition coefficient (Wildman–Crippen LogP) is 2.18. The van der Waals surface area contributed by atoms with E-state index in [0.29, 0.717) is 17.7 Å². The fraction of sp³-hybridized carbons (Fsp3) is 0.471. The maximum atomic E-state index is 8.81. The molecular weight excluding hydrogens is 288 g/mol. The molecule has 3 rings (SSSR count). The summed E-state index contributed by atoms with van der Waals surface area (Å²) in [5.41, 5.74) is 2.67. The molecule has 0 spiro atoms. The lowest BCUT2D eigenvalue weighted by molar-refractivity contribution is 0.122. The van der Waals surface area contributed by atoms with E-state index in [1.165, 1.54) is 18.5 Å². The van der Waals surface area contributed by atoms with Crippen LogP contribution >= 0.6 is 0 Å². The van der Waals surface area contributed by atoms with Crippen molar-refractivity contribution in [2.24, 2.45) is 13.0 Å². The van der Waals surface area contributed by atoms with E-state index in [1.807, 2.05) is 24.7 Å². The quantitative estimate of drug-likeness (QED) is 0.937. The van der Waals surface area contributed by atoms with Gasteiger partial charge in [-0.15, -0.1) is 0 Å². The van der Waals surface area contributed by atoms with Crippen molar-refractivity contribution in [3.05, 3.63) is 42.2 Å². The number of aryl methyl sites for hydroxylation is 1. The highest BCUT2D eigenvalue weighted by molar-refractivity contribution is 5.42. The highest BCUT2D eigenvalue weighted by atomic mass is 15.2. The molecule has 23 heavy (non-hydrogen) atoms. The van der Waals surface area contributed by atoms with E-state index in [0.717, 1.165) is 18.8 Å². The Kier molecular flexibility index (Phi) is 4.58. The monoisotopic (exact) mass is 310 g/mol. The molecular formula is C17H22N6. The molecule has 2 atom stereocenters. The first kappa shape index (κ1) is 15.5. The third kappa shape index (κ3) is 3.35. The van der Waals surface area contributed by atoms with E-state index < -0.39 is 0 Å². The number of pyridine rings is 1. The van der Waals surface area contributed by atoms with Gasteiger partial charge in [0.05, 0.1) is 29.9 Å². The number of piperidine rings is 1. The summed E-state index contributed by atoms with van der Waals surface area (Å²) in [4.78, 5) is 10.8. The van der Waals surface area contributed by atoms with Gasteiger partial charge in [-0.05, 0) is 44.5 Å². The van der Waals surface area contributed by atoms with Gasteiger partial charge in [0.1, 0.15) is 11.8 Å². The Morgan fingerprint density at radius 1 is 1.35 bits per heavy atom. The van der Waals surface area contributed by atoms with Gasteiger partial charge in [-0.3, -0.25) is 4.90 Å². The van der Waals surface area contributed by atoms with Crippen LogP contribution in [-0.4, -0.2) is 39.6 Å². The molecule has 1 aliphatic heterocycles. The van der Waals surface area contributed by atoms with Crippen molar-refractivity contribution in [1.82, 2.24) is 19.4 Å². The summed E-state index contributed by atoms with van der Waals surface area (Å²) in [7, 11) is 4.24. The topological polar surface area (TPSA) is 69.8 Å². The maximum absolute atomic E-state index is 8.81. The molecule has 1 aliphatic rings. The van der Waals surface area contributed by atoms with Gasteiger partial charge in [-0.1, -0.05) is 0 Å². The third-order valence-corrected chi connectivity index (χ3v) is 4.61. The van der Waals surface area contributed by atoms with Gasteiger partial charge in [0, 0.05) is 19.8 Å². The Hall–Kier alpha value is -2.39. The van der Waals surface area contributed by atoms with E-state index in [2.05, 4.69) is 38.8 Å². The van der Waals surface area contributed by atoms with Gasteiger partial charge in [-0.25, -0.2) is 9.97 Å². The second-order valence-corrected chi connectivity index (χ2v) is 6.18. The number of imidazole rings is 1. The van der Waals surface area contributed by atoms with E-state index >= 15 is 0 Å². The summed E-state index contributed by atoms with van der Waals surface area (Å²) in [6, 6.07) is 6.07. The molecule has 1 saturated heterocycles. The number of rotatable bonds is 4. The first-order valence-corrected chi connectivity index (χ1v) is 7.95. The number of nitrogens with zero attached hydrogens (tertiary/aromatic N) is 5. The minimum atomic E-state index is 0.370. The average Bonchev–Trinajstić information content (AvgIpc) is 2.99. The standard InChI is InChI=1S/C17H22N6/c1-22-7-3-4-13(17(22)16-11-19-12-23(16)2)9-20-15-6-5-14(8-18)21-10-15/h5-6,10-13,17,20H,3-4,7,9H2,1-2H3/t13-,17+/m0/s1. The molecule has 6 heteroatoms. The summed E-state index contributed by atoms with van der Waals surface area (Å²) < 4.78 is 2.11. The van der Waals surface area contributed by atoms with Crippen LogP contribution in [0.3, 0.4) is 0 Å². The van der Waals surface area contributed by atoms with Gasteiger partial charge in [-0.2, -0.15) is 5.26 Å². The average molecular weight is 310 g/mol. The van der Waals surface area contributed by atoms with Crippen LogP contribution in [0, 0.1) is 17.2 Å². The lowest BCUT2D eigenvalue weighted by atomic mass is 9.87. The highest BCUT2D eigenvalue weighted by Crippen LogP contribution is 2.34. The van der Waals surface area contributed by atoms with Crippen LogP contribution in [0.2, 0.25) is 0 Å². The molecule has 0 aromatic carbocycles. The maximum Gasteiger partial charge on any atom is 0.140 e. The Morgan fingerprint density at radius 2 is 2.22 bits per heavy atom. The number of nitrogens with one attached hydrogen (secondary N) is 1. The Morgan fingerprint density at radius 3 is 2.87 bits per heavy atom. The van der Waals surface area contributed by atoms with Crippen molar-refractivity contribution in [3.8, 4) is 6.07 Å². The molecule has 6 nitrogen and oxygen atoms in total. The molecule has 3 heterocycles. The van der Waals surface area contributed by atoms with Crippen LogP contribution in [0.1, 0.15) is 30.3 Å². The lowest BCUT2D eigenvalue weighted by Gasteiger charge is -2.39. The van der Waals surface area contributed by atoms with Crippen LogP contribution in [0.4, 0.5) is 5.69 Å². The molecule has 0 amide bonds. The van der Waals surface area contributed by atoms with Crippen molar-refractivity contribution in [3.63, 3.8) is 0 Å². The minimum absolute atomic E-state index is 0.370. The first-order valence-electron chi connectivity index (χ1n) is 7.95. The lowest BCUT2D eigenvalue weighted by Crippen LogP contribution is -2.39. The van der Waals surface area contributed by atoms with Crippen LogP contribution in [-0.2, 0) is 7.05 Å². The van der Waals surface area contributed by atoms with Crippen molar-refractivity contribution in [2.45, 2.75) is 18.9 Å². The second-order valence-electron chi connectivity index (χ2n) is 6.18. The van der Waals surface area contributed by atoms with Crippen molar-refractivity contribution in [1.29, 1.82) is 5.26 Å². The van der Waals surface area contributed by atoms with Gasteiger partial charge >= 0.3 is 0 Å². The summed E-state index contributed by atoms with van der Waals surface area (Å²) in [6.07, 6.45) is 7.97. The van der Waals surface area contributed by atoms with Gasteiger partial charge in [0.25, 0.3) is 0 Å².